The number of hydrogen-bond donors (Lipinski definition) is 0. The van der Waals surface area contributed by atoms with Gasteiger partial charge in [-0.05, 0) is 39.8 Å². The van der Waals surface area contributed by atoms with Crippen LogP contribution in [-0.2, 0) is 9.47 Å². The van der Waals surface area contributed by atoms with E-state index in [1.54, 1.807) is 7.11 Å². The largest absolute Gasteiger partial charge is 0.497 e. The molecule has 0 atom stereocenters. The Morgan fingerprint density at radius 2 is 1.41 bits per heavy atom. The molecule has 0 N–H and O–H groups in total. The van der Waals surface area contributed by atoms with E-state index in [1.807, 2.05) is 24.3 Å². The smallest absolute Gasteiger partial charge is 0.185 e. The van der Waals surface area contributed by atoms with Gasteiger partial charge < -0.3 is 14.2 Å². The van der Waals surface area contributed by atoms with Gasteiger partial charge in [0.1, 0.15) is 5.75 Å². The monoisotopic (exact) mass is 236 g/mol. The number of methoxy groups -OCH3 is 1. The molecule has 3 nitrogen and oxygen atoms in total. The molecule has 0 aliphatic carbocycles. The van der Waals surface area contributed by atoms with Crippen molar-refractivity contribution in [2.24, 2.45) is 0 Å². The van der Waals surface area contributed by atoms with Crippen molar-refractivity contribution in [2.75, 3.05) is 7.11 Å². The van der Waals surface area contributed by atoms with Gasteiger partial charge in [0.2, 0.25) is 0 Å². The van der Waals surface area contributed by atoms with Crippen molar-refractivity contribution in [3.05, 3.63) is 29.8 Å². The third-order valence-electron chi connectivity index (χ3n) is 3.64. The van der Waals surface area contributed by atoms with Crippen LogP contribution in [0, 0.1) is 0 Å². The second-order valence-electron chi connectivity index (χ2n) is 5.36. The molecule has 1 aliphatic heterocycles. The maximum atomic E-state index is 5.96. The van der Waals surface area contributed by atoms with E-state index in [0.717, 1.165) is 11.3 Å². The first kappa shape index (κ1) is 12.4. The molecule has 0 bridgehead atoms. The topological polar surface area (TPSA) is 27.7 Å². The predicted molar refractivity (Wildman–Crippen MR) is 66.1 cm³/mol. The Kier molecular flexibility index (Phi) is 2.92. The second kappa shape index (κ2) is 4.00. The van der Waals surface area contributed by atoms with Gasteiger partial charge in [-0.1, -0.05) is 12.1 Å². The quantitative estimate of drug-likeness (QED) is 0.788. The normalized spacial score (nSPS) is 22.6. The lowest BCUT2D eigenvalue weighted by atomic mass is 9.90. The van der Waals surface area contributed by atoms with Crippen molar-refractivity contribution in [3.63, 3.8) is 0 Å². The molecule has 0 radical (unpaired) electrons. The molecule has 1 heterocycles. The molecule has 94 valence electrons. The van der Waals surface area contributed by atoms with E-state index in [1.165, 1.54) is 0 Å². The molecule has 0 saturated carbocycles. The average Bonchev–Trinajstić information content (AvgIpc) is 2.48. The van der Waals surface area contributed by atoms with Crippen LogP contribution in [0.5, 0.6) is 5.75 Å². The van der Waals surface area contributed by atoms with Crippen molar-refractivity contribution >= 4 is 0 Å². The van der Waals surface area contributed by atoms with E-state index >= 15 is 0 Å². The van der Waals surface area contributed by atoms with Gasteiger partial charge in [0, 0.05) is 5.56 Å². The molecule has 1 fully saturated rings. The fourth-order valence-corrected chi connectivity index (χ4v) is 1.74. The zero-order valence-corrected chi connectivity index (χ0v) is 11.1. The minimum atomic E-state index is -0.300. The van der Waals surface area contributed by atoms with E-state index < -0.39 is 0 Å². The fraction of sp³-hybridized carbons (Fsp3) is 0.571. The summed E-state index contributed by atoms with van der Waals surface area (Å²) in [4.78, 5) is 0. The van der Waals surface area contributed by atoms with Crippen LogP contribution in [-0.4, -0.2) is 18.3 Å². The Bertz CT molecular complexity index is 376. The maximum absolute atomic E-state index is 5.96. The zero-order chi connectivity index (χ0) is 12.7. The summed E-state index contributed by atoms with van der Waals surface area (Å²) in [5.74, 6) is 0.838. The van der Waals surface area contributed by atoms with Gasteiger partial charge in [-0.25, -0.2) is 0 Å². The molecule has 0 spiro atoms. The van der Waals surface area contributed by atoms with Crippen molar-refractivity contribution in [3.8, 4) is 5.75 Å². The van der Waals surface area contributed by atoms with Crippen LogP contribution in [0.2, 0.25) is 0 Å². The summed E-state index contributed by atoms with van der Waals surface area (Å²) in [6, 6.07) is 7.78. The summed E-state index contributed by atoms with van der Waals surface area (Å²) >= 11 is 0. The van der Waals surface area contributed by atoms with Crippen LogP contribution < -0.4 is 4.74 Å². The first-order valence-corrected chi connectivity index (χ1v) is 5.85. The van der Waals surface area contributed by atoms with Gasteiger partial charge in [0.05, 0.1) is 18.3 Å². The molecule has 0 aromatic heterocycles. The molecule has 3 heteroatoms. The van der Waals surface area contributed by atoms with Crippen molar-refractivity contribution < 1.29 is 14.2 Å². The molecule has 1 aromatic carbocycles. The third kappa shape index (κ3) is 2.17. The first-order valence-electron chi connectivity index (χ1n) is 5.85. The van der Waals surface area contributed by atoms with Crippen LogP contribution in [0.3, 0.4) is 0 Å². The lowest BCUT2D eigenvalue weighted by Gasteiger charge is -2.30. The number of benzene rings is 1. The molecule has 1 aliphatic rings. The van der Waals surface area contributed by atoms with Crippen molar-refractivity contribution in [1.82, 2.24) is 0 Å². The van der Waals surface area contributed by atoms with E-state index in [9.17, 15) is 0 Å². The zero-order valence-electron chi connectivity index (χ0n) is 11.1. The Morgan fingerprint density at radius 3 is 1.82 bits per heavy atom. The summed E-state index contributed by atoms with van der Waals surface area (Å²) in [7, 11) is 1.66. The van der Waals surface area contributed by atoms with Gasteiger partial charge in [0.15, 0.2) is 6.29 Å². The van der Waals surface area contributed by atoms with Crippen LogP contribution in [0.1, 0.15) is 39.5 Å². The molecule has 2 rings (SSSR count). The SMILES string of the molecule is COc1ccc(C2OC(C)(C)C(C)(C)O2)cc1. The Hall–Kier alpha value is -1.06. The maximum Gasteiger partial charge on any atom is 0.185 e. The summed E-state index contributed by atoms with van der Waals surface area (Å²) in [6.45, 7) is 8.21. The molecular formula is C14H20O3. The molecule has 17 heavy (non-hydrogen) atoms. The standard InChI is InChI=1S/C14H20O3/c1-13(2)14(3,4)17-12(16-13)10-6-8-11(15-5)9-7-10/h6-9,12H,1-5H3. The van der Waals surface area contributed by atoms with Gasteiger partial charge in [0.25, 0.3) is 0 Å². The van der Waals surface area contributed by atoms with Gasteiger partial charge in [-0.2, -0.15) is 0 Å². The van der Waals surface area contributed by atoms with Crippen molar-refractivity contribution in [2.45, 2.75) is 45.2 Å². The number of ether oxygens (including phenoxy) is 3. The van der Waals surface area contributed by atoms with Crippen LogP contribution >= 0.6 is 0 Å². The summed E-state index contributed by atoms with van der Waals surface area (Å²) < 4.78 is 17.1. The number of rotatable bonds is 2. The Morgan fingerprint density at radius 1 is 0.941 bits per heavy atom. The summed E-state index contributed by atoms with van der Waals surface area (Å²) in [6.07, 6.45) is -0.300. The highest BCUT2D eigenvalue weighted by Gasteiger charge is 2.49. The minimum absolute atomic E-state index is 0.294. The molecule has 1 aromatic rings. The van der Waals surface area contributed by atoms with Gasteiger partial charge >= 0.3 is 0 Å². The highest BCUT2D eigenvalue weighted by Crippen LogP contribution is 2.44. The van der Waals surface area contributed by atoms with Crippen LogP contribution in [0.25, 0.3) is 0 Å². The van der Waals surface area contributed by atoms with E-state index in [2.05, 4.69) is 27.7 Å². The molecule has 1 saturated heterocycles. The van der Waals surface area contributed by atoms with E-state index in [0.29, 0.717) is 0 Å². The average molecular weight is 236 g/mol. The van der Waals surface area contributed by atoms with Crippen molar-refractivity contribution in [1.29, 1.82) is 0 Å². The lowest BCUT2D eigenvalue weighted by molar-refractivity contribution is -0.0895. The third-order valence-corrected chi connectivity index (χ3v) is 3.64. The van der Waals surface area contributed by atoms with Gasteiger partial charge in [-0.15, -0.1) is 0 Å². The van der Waals surface area contributed by atoms with E-state index in [-0.39, 0.29) is 17.5 Å². The van der Waals surface area contributed by atoms with Crippen LogP contribution in [0.15, 0.2) is 24.3 Å². The fourth-order valence-electron chi connectivity index (χ4n) is 1.74. The highest BCUT2D eigenvalue weighted by atomic mass is 16.7. The lowest BCUT2D eigenvalue weighted by Crippen LogP contribution is -2.41. The molecule has 0 amide bonds. The summed E-state index contributed by atoms with van der Waals surface area (Å²) in [5, 5.41) is 0. The molecular weight excluding hydrogens is 216 g/mol. The number of hydrogen-bond acceptors (Lipinski definition) is 3. The first-order chi connectivity index (χ1) is 7.86. The Balaban J connectivity index is 2.20. The Labute approximate surface area is 103 Å². The highest BCUT2D eigenvalue weighted by molar-refractivity contribution is 5.28. The van der Waals surface area contributed by atoms with Gasteiger partial charge in [-0.3, -0.25) is 0 Å². The van der Waals surface area contributed by atoms with Crippen LogP contribution in [0.4, 0.5) is 0 Å². The van der Waals surface area contributed by atoms with E-state index in [4.69, 9.17) is 14.2 Å². The second-order valence-corrected chi connectivity index (χ2v) is 5.36. The summed E-state index contributed by atoms with van der Waals surface area (Å²) in [5.41, 5.74) is 0.430. The molecule has 0 unspecified atom stereocenters. The minimum Gasteiger partial charge on any atom is -0.497 e. The predicted octanol–water partition coefficient (Wildman–Crippen LogP) is 3.30.